The molecule has 0 saturated carbocycles. The van der Waals surface area contributed by atoms with Crippen LogP contribution in [0.25, 0.3) is 0 Å². The zero-order valence-corrected chi connectivity index (χ0v) is 15.4. The predicted octanol–water partition coefficient (Wildman–Crippen LogP) is 5.72. The highest BCUT2D eigenvalue weighted by atomic mass is 35.5. The van der Waals surface area contributed by atoms with Crippen LogP contribution in [0.2, 0.25) is 5.02 Å². The minimum atomic E-state index is -4.57. The summed E-state index contributed by atoms with van der Waals surface area (Å²) in [5.41, 5.74) is 0.789. The molecule has 0 amide bonds. The second kappa shape index (κ2) is 6.71. The fourth-order valence-electron chi connectivity index (χ4n) is 2.28. The Morgan fingerprint density at radius 2 is 1.52 bits per heavy atom. The number of nitrogens with zero attached hydrogens (tertiary/aromatic N) is 2. The molecule has 2 N–H and O–H groups in total. The first-order valence-electron chi connectivity index (χ1n) is 7.63. The second-order valence-electron chi connectivity index (χ2n) is 6.87. The van der Waals surface area contributed by atoms with Gasteiger partial charge >= 0.3 is 6.18 Å². The van der Waals surface area contributed by atoms with Crippen molar-refractivity contribution in [1.82, 2.24) is 9.97 Å². The van der Waals surface area contributed by atoms with Gasteiger partial charge in [-0.1, -0.05) is 11.6 Å². The number of nitrogens with one attached hydrogen (secondary N) is 2. The molecule has 1 aromatic carbocycles. The molecule has 0 bridgehead atoms. The maximum atomic E-state index is 13.2. The largest absolute Gasteiger partial charge is 0.433 e. The van der Waals surface area contributed by atoms with Gasteiger partial charge in [-0.3, -0.25) is 0 Å². The second-order valence-corrected chi connectivity index (χ2v) is 7.31. The van der Waals surface area contributed by atoms with E-state index < -0.39 is 17.4 Å². The summed E-state index contributed by atoms with van der Waals surface area (Å²) in [5, 5.41) is 6.40. The van der Waals surface area contributed by atoms with Crippen molar-refractivity contribution in [3.63, 3.8) is 0 Å². The number of benzene rings is 1. The first-order chi connectivity index (χ1) is 11.3. The lowest BCUT2D eigenvalue weighted by Crippen LogP contribution is -2.28. The highest BCUT2D eigenvalue weighted by Crippen LogP contribution is 2.32. The van der Waals surface area contributed by atoms with Crippen molar-refractivity contribution in [1.29, 1.82) is 0 Å². The van der Waals surface area contributed by atoms with Crippen molar-refractivity contribution < 1.29 is 13.2 Å². The van der Waals surface area contributed by atoms with Gasteiger partial charge in [0, 0.05) is 22.3 Å². The smallest absolute Gasteiger partial charge is 0.350 e. The van der Waals surface area contributed by atoms with Crippen LogP contribution in [0.15, 0.2) is 18.2 Å². The van der Waals surface area contributed by atoms with E-state index in [-0.39, 0.29) is 11.8 Å². The third-order valence-corrected chi connectivity index (χ3v) is 3.47. The van der Waals surface area contributed by atoms with Crippen LogP contribution >= 0.6 is 11.6 Å². The lowest BCUT2D eigenvalue weighted by atomic mass is 10.1. The Labute approximate surface area is 149 Å². The fraction of sp³-hybridized carbons (Fsp3) is 0.412. The average Bonchev–Trinajstić information content (AvgIpc) is 2.39. The van der Waals surface area contributed by atoms with E-state index in [0.717, 1.165) is 17.2 Å². The molecule has 8 heteroatoms. The Morgan fingerprint density at radius 3 is 2.00 bits per heavy atom. The van der Waals surface area contributed by atoms with E-state index in [1.807, 2.05) is 34.6 Å². The first kappa shape index (κ1) is 19.3. The third kappa shape index (κ3) is 5.22. The van der Waals surface area contributed by atoms with Gasteiger partial charge < -0.3 is 10.6 Å². The Morgan fingerprint density at radius 1 is 0.960 bits per heavy atom. The molecule has 4 nitrogen and oxygen atoms in total. The molecular weight excluding hydrogens is 353 g/mol. The minimum Gasteiger partial charge on any atom is -0.350 e. The van der Waals surface area contributed by atoms with Crippen LogP contribution in [0.1, 0.15) is 37.6 Å². The fourth-order valence-corrected chi connectivity index (χ4v) is 2.61. The normalized spacial score (nSPS) is 12.2. The number of aryl methyl sites for hydroxylation is 2. The van der Waals surface area contributed by atoms with Crippen LogP contribution in [-0.4, -0.2) is 15.5 Å². The van der Waals surface area contributed by atoms with Crippen molar-refractivity contribution in [2.24, 2.45) is 0 Å². The highest BCUT2D eigenvalue weighted by Gasteiger charge is 2.34. The van der Waals surface area contributed by atoms with Gasteiger partial charge in [-0.15, -0.1) is 0 Å². The van der Waals surface area contributed by atoms with E-state index in [2.05, 4.69) is 20.6 Å². The van der Waals surface area contributed by atoms with E-state index in [1.54, 1.807) is 12.1 Å². The molecule has 0 aliphatic heterocycles. The number of rotatable bonds is 3. The summed E-state index contributed by atoms with van der Waals surface area (Å²) in [4.78, 5) is 7.75. The number of halogens is 4. The van der Waals surface area contributed by atoms with E-state index in [0.29, 0.717) is 10.7 Å². The molecule has 136 valence electrons. The molecule has 0 fully saturated rings. The van der Waals surface area contributed by atoms with E-state index in [1.165, 1.54) is 0 Å². The van der Waals surface area contributed by atoms with Crippen LogP contribution in [-0.2, 0) is 6.18 Å². The lowest BCUT2D eigenvalue weighted by Gasteiger charge is -2.22. The molecule has 0 unspecified atom stereocenters. The van der Waals surface area contributed by atoms with Gasteiger partial charge in [0.05, 0.1) is 0 Å². The zero-order chi connectivity index (χ0) is 19.0. The standard InChI is InChI=1S/C17H20ClF3N4/c1-9-6-11(18)7-10(2)14(9)23-13-8-12(17(19,20)21)22-15(24-13)25-16(3,4)5/h6-8H,1-5H3,(H2,22,23,24,25). The summed E-state index contributed by atoms with van der Waals surface area (Å²) in [7, 11) is 0. The van der Waals surface area contributed by atoms with Gasteiger partial charge in [-0.05, 0) is 57.9 Å². The summed E-state index contributed by atoms with van der Waals surface area (Å²) in [6.45, 7) is 9.09. The zero-order valence-electron chi connectivity index (χ0n) is 14.6. The Balaban J connectivity index is 2.48. The van der Waals surface area contributed by atoms with Crippen molar-refractivity contribution in [2.45, 2.75) is 46.3 Å². The summed E-state index contributed by atoms with van der Waals surface area (Å²) in [6, 6.07) is 4.36. The Kier molecular flexibility index (Phi) is 5.18. The maximum absolute atomic E-state index is 13.2. The molecule has 1 heterocycles. The number of aromatic nitrogens is 2. The Hall–Kier alpha value is -2.02. The van der Waals surface area contributed by atoms with Gasteiger partial charge in [-0.25, -0.2) is 4.98 Å². The van der Waals surface area contributed by atoms with Crippen molar-refractivity contribution >= 4 is 29.1 Å². The number of hydrogen-bond donors (Lipinski definition) is 2. The molecule has 0 spiro atoms. The summed E-state index contributed by atoms with van der Waals surface area (Å²) >= 11 is 6.00. The van der Waals surface area contributed by atoms with Gasteiger partial charge in [0.1, 0.15) is 5.82 Å². The topological polar surface area (TPSA) is 49.8 Å². The Bertz CT molecular complexity index is 759. The molecule has 2 aromatic rings. The third-order valence-electron chi connectivity index (χ3n) is 3.25. The maximum Gasteiger partial charge on any atom is 0.433 e. The molecule has 0 atom stereocenters. The predicted molar refractivity (Wildman–Crippen MR) is 94.6 cm³/mol. The van der Waals surface area contributed by atoms with Gasteiger partial charge in [0.2, 0.25) is 5.95 Å². The van der Waals surface area contributed by atoms with Crippen LogP contribution in [0.5, 0.6) is 0 Å². The summed E-state index contributed by atoms with van der Waals surface area (Å²) in [5.74, 6) is -0.0308. The molecule has 1 aromatic heterocycles. The summed E-state index contributed by atoms with van der Waals surface area (Å²) in [6.07, 6.45) is -4.57. The first-order valence-corrected chi connectivity index (χ1v) is 8.01. The number of anilines is 3. The summed E-state index contributed by atoms with van der Waals surface area (Å²) < 4.78 is 39.5. The number of hydrogen-bond acceptors (Lipinski definition) is 4. The molecule has 0 radical (unpaired) electrons. The van der Waals surface area contributed by atoms with Gasteiger partial charge in [-0.2, -0.15) is 18.2 Å². The van der Waals surface area contributed by atoms with Gasteiger partial charge in [0.25, 0.3) is 0 Å². The minimum absolute atomic E-state index is 0.0580. The van der Waals surface area contributed by atoms with Crippen LogP contribution in [0.3, 0.4) is 0 Å². The molecule has 0 saturated heterocycles. The lowest BCUT2D eigenvalue weighted by molar-refractivity contribution is -0.141. The van der Waals surface area contributed by atoms with Crippen molar-refractivity contribution in [3.05, 3.63) is 40.0 Å². The average molecular weight is 373 g/mol. The molecule has 0 aliphatic carbocycles. The van der Waals surface area contributed by atoms with Crippen LogP contribution in [0.4, 0.5) is 30.6 Å². The van der Waals surface area contributed by atoms with E-state index >= 15 is 0 Å². The van der Waals surface area contributed by atoms with Crippen molar-refractivity contribution in [2.75, 3.05) is 10.6 Å². The molecular formula is C17H20ClF3N4. The van der Waals surface area contributed by atoms with E-state index in [4.69, 9.17) is 11.6 Å². The van der Waals surface area contributed by atoms with Crippen LogP contribution in [0, 0.1) is 13.8 Å². The van der Waals surface area contributed by atoms with Crippen molar-refractivity contribution in [3.8, 4) is 0 Å². The quantitative estimate of drug-likeness (QED) is 0.723. The highest BCUT2D eigenvalue weighted by molar-refractivity contribution is 6.30. The molecule has 25 heavy (non-hydrogen) atoms. The monoisotopic (exact) mass is 372 g/mol. The SMILES string of the molecule is Cc1cc(Cl)cc(C)c1Nc1cc(C(F)(F)F)nc(NC(C)(C)C)n1. The molecule has 0 aliphatic rings. The van der Waals surface area contributed by atoms with Crippen LogP contribution < -0.4 is 10.6 Å². The van der Waals surface area contributed by atoms with E-state index in [9.17, 15) is 13.2 Å². The number of alkyl halides is 3. The van der Waals surface area contributed by atoms with Gasteiger partial charge in [0.15, 0.2) is 5.69 Å². The molecule has 2 rings (SSSR count).